The minimum atomic E-state index is -0.0932. The summed E-state index contributed by atoms with van der Waals surface area (Å²) in [5, 5.41) is 11.2. The number of ether oxygens (including phenoxy) is 1. The number of amides is 1. The SMILES string of the molecule is CC(C)c1cc(C(=O)N(C)C[C@H]2OCC[C@H]2c2ncn[nH]2)nn1C. The van der Waals surface area contributed by atoms with Crippen LogP contribution in [0.3, 0.4) is 0 Å². The zero-order valence-electron chi connectivity index (χ0n) is 14.6. The first-order valence-corrected chi connectivity index (χ1v) is 8.23. The number of H-pyrrole nitrogens is 1. The highest BCUT2D eigenvalue weighted by molar-refractivity contribution is 5.92. The van der Waals surface area contributed by atoms with Crippen LogP contribution in [0.1, 0.15) is 54.1 Å². The van der Waals surface area contributed by atoms with Gasteiger partial charge in [-0.05, 0) is 18.4 Å². The van der Waals surface area contributed by atoms with Gasteiger partial charge in [0, 0.05) is 38.9 Å². The van der Waals surface area contributed by atoms with Crippen molar-refractivity contribution in [1.29, 1.82) is 0 Å². The molecule has 24 heavy (non-hydrogen) atoms. The summed E-state index contributed by atoms with van der Waals surface area (Å²) in [5.41, 5.74) is 1.52. The van der Waals surface area contributed by atoms with E-state index in [1.807, 2.05) is 13.1 Å². The van der Waals surface area contributed by atoms with Crippen LogP contribution >= 0.6 is 0 Å². The molecule has 1 amide bonds. The molecule has 1 fully saturated rings. The van der Waals surface area contributed by atoms with Crippen LogP contribution in [0.2, 0.25) is 0 Å². The Morgan fingerprint density at radius 1 is 1.54 bits per heavy atom. The summed E-state index contributed by atoms with van der Waals surface area (Å²) in [6, 6.07) is 1.87. The summed E-state index contributed by atoms with van der Waals surface area (Å²) in [6.07, 6.45) is 2.30. The van der Waals surface area contributed by atoms with Crippen LogP contribution in [-0.4, -0.2) is 62.1 Å². The first-order valence-electron chi connectivity index (χ1n) is 8.23. The number of rotatable bonds is 5. The van der Waals surface area contributed by atoms with E-state index in [1.54, 1.807) is 16.6 Å². The van der Waals surface area contributed by atoms with Gasteiger partial charge in [-0.3, -0.25) is 14.6 Å². The van der Waals surface area contributed by atoms with Crippen molar-refractivity contribution in [3.63, 3.8) is 0 Å². The highest BCUT2D eigenvalue weighted by atomic mass is 16.5. The molecule has 1 N–H and O–H groups in total. The Bertz CT molecular complexity index is 693. The minimum absolute atomic E-state index is 0.0832. The fourth-order valence-corrected chi connectivity index (χ4v) is 3.21. The first kappa shape index (κ1) is 16.6. The van der Waals surface area contributed by atoms with E-state index in [-0.39, 0.29) is 17.9 Å². The van der Waals surface area contributed by atoms with Crippen LogP contribution in [0.4, 0.5) is 0 Å². The number of carbonyl (C=O) groups is 1. The third-order valence-electron chi connectivity index (χ3n) is 4.52. The average molecular weight is 332 g/mol. The van der Waals surface area contributed by atoms with E-state index >= 15 is 0 Å². The molecule has 0 bridgehead atoms. The minimum Gasteiger partial charge on any atom is -0.376 e. The zero-order valence-corrected chi connectivity index (χ0v) is 14.6. The van der Waals surface area contributed by atoms with Crippen LogP contribution in [0.25, 0.3) is 0 Å². The van der Waals surface area contributed by atoms with Gasteiger partial charge >= 0.3 is 0 Å². The maximum atomic E-state index is 12.7. The number of aryl methyl sites for hydroxylation is 1. The van der Waals surface area contributed by atoms with Gasteiger partial charge < -0.3 is 9.64 Å². The molecule has 1 aliphatic rings. The van der Waals surface area contributed by atoms with Gasteiger partial charge in [-0.15, -0.1) is 0 Å². The predicted molar refractivity (Wildman–Crippen MR) is 87.7 cm³/mol. The Kier molecular flexibility index (Phi) is 4.66. The van der Waals surface area contributed by atoms with Crippen molar-refractivity contribution in [3.05, 3.63) is 29.6 Å². The fourth-order valence-electron chi connectivity index (χ4n) is 3.21. The standard InChI is InChI=1S/C16H24N6O2/c1-10(2)13-7-12(20-22(13)4)16(23)21(3)8-14-11(5-6-24-14)15-17-9-18-19-15/h7,9-11,14H,5-6,8H2,1-4H3,(H,17,18,19)/t11-,14-/m1/s1. The van der Waals surface area contributed by atoms with Gasteiger partial charge in [0.15, 0.2) is 5.69 Å². The second kappa shape index (κ2) is 6.72. The molecule has 130 valence electrons. The molecule has 2 atom stereocenters. The third kappa shape index (κ3) is 3.19. The Morgan fingerprint density at radius 2 is 2.33 bits per heavy atom. The van der Waals surface area contributed by atoms with Gasteiger partial charge in [-0.2, -0.15) is 10.2 Å². The number of likely N-dealkylation sites (N-methyl/N-ethyl adjacent to an activating group) is 1. The molecule has 0 aromatic carbocycles. The topological polar surface area (TPSA) is 88.9 Å². The molecule has 0 saturated carbocycles. The summed E-state index contributed by atoms with van der Waals surface area (Å²) >= 11 is 0. The summed E-state index contributed by atoms with van der Waals surface area (Å²) in [5.74, 6) is 1.18. The number of carbonyl (C=O) groups excluding carboxylic acids is 1. The molecule has 3 rings (SSSR count). The van der Waals surface area contributed by atoms with Crippen LogP contribution in [-0.2, 0) is 11.8 Å². The summed E-state index contributed by atoms with van der Waals surface area (Å²) in [6.45, 7) is 5.34. The Morgan fingerprint density at radius 3 is 2.96 bits per heavy atom. The zero-order chi connectivity index (χ0) is 17.3. The van der Waals surface area contributed by atoms with Crippen LogP contribution < -0.4 is 0 Å². The largest absolute Gasteiger partial charge is 0.376 e. The van der Waals surface area contributed by atoms with Crippen molar-refractivity contribution in [2.24, 2.45) is 7.05 Å². The van der Waals surface area contributed by atoms with E-state index < -0.39 is 0 Å². The molecule has 0 unspecified atom stereocenters. The highest BCUT2D eigenvalue weighted by Gasteiger charge is 2.33. The van der Waals surface area contributed by atoms with Gasteiger partial charge in [-0.1, -0.05) is 13.8 Å². The number of hydrogen-bond acceptors (Lipinski definition) is 5. The van der Waals surface area contributed by atoms with E-state index in [0.29, 0.717) is 24.8 Å². The molecule has 0 aliphatic carbocycles. The first-order chi connectivity index (χ1) is 11.5. The number of hydrogen-bond donors (Lipinski definition) is 1. The molecule has 1 aliphatic heterocycles. The van der Waals surface area contributed by atoms with Gasteiger partial charge in [0.05, 0.1) is 6.10 Å². The van der Waals surface area contributed by atoms with Gasteiger partial charge in [-0.25, -0.2) is 4.98 Å². The van der Waals surface area contributed by atoms with E-state index in [9.17, 15) is 4.79 Å². The lowest BCUT2D eigenvalue weighted by Gasteiger charge is -2.23. The van der Waals surface area contributed by atoms with Crippen LogP contribution in [0.5, 0.6) is 0 Å². The molecular weight excluding hydrogens is 308 g/mol. The highest BCUT2D eigenvalue weighted by Crippen LogP contribution is 2.29. The van der Waals surface area contributed by atoms with Gasteiger partial charge in [0.25, 0.3) is 5.91 Å². The van der Waals surface area contributed by atoms with E-state index in [0.717, 1.165) is 17.9 Å². The maximum Gasteiger partial charge on any atom is 0.274 e. The average Bonchev–Trinajstić information content (AvgIpc) is 3.25. The van der Waals surface area contributed by atoms with Gasteiger partial charge in [0.1, 0.15) is 12.2 Å². The Labute approximate surface area is 141 Å². The maximum absolute atomic E-state index is 12.7. The van der Waals surface area contributed by atoms with Crippen molar-refractivity contribution < 1.29 is 9.53 Å². The summed E-state index contributed by atoms with van der Waals surface area (Å²) < 4.78 is 7.58. The fraction of sp³-hybridized carbons (Fsp3) is 0.625. The molecule has 8 nitrogen and oxygen atoms in total. The van der Waals surface area contributed by atoms with Crippen LogP contribution in [0, 0.1) is 0 Å². The lowest BCUT2D eigenvalue weighted by Crippen LogP contribution is -2.36. The van der Waals surface area contributed by atoms with Crippen molar-refractivity contribution >= 4 is 5.91 Å². The molecule has 0 radical (unpaired) electrons. The smallest absolute Gasteiger partial charge is 0.274 e. The Hall–Kier alpha value is -2.22. The summed E-state index contributed by atoms with van der Waals surface area (Å²) in [7, 11) is 3.65. The van der Waals surface area contributed by atoms with Crippen molar-refractivity contribution in [2.75, 3.05) is 20.2 Å². The molecule has 2 aromatic heterocycles. The van der Waals surface area contributed by atoms with Crippen molar-refractivity contribution in [1.82, 2.24) is 29.9 Å². The number of nitrogens with one attached hydrogen (secondary N) is 1. The molecule has 8 heteroatoms. The second-order valence-electron chi connectivity index (χ2n) is 6.59. The van der Waals surface area contributed by atoms with E-state index in [2.05, 4.69) is 34.1 Å². The quantitative estimate of drug-likeness (QED) is 0.891. The lowest BCUT2D eigenvalue weighted by atomic mass is 10.0. The second-order valence-corrected chi connectivity index (χ2v) is 6.59. The molecule has 0 spiro atoms. The molecule has 3 heterocycles. The number of aromatic amines is 1. The van der Waals surface area contributed by atoms with Crippen molar-refractivity contribution in [3.8, 4) is 0 Å². The number of nitrogens with zero attached hydrogens (tertiary/aromatic N) is 5. The van der Waals surface area contributed by atoms with Crippen LogP contribution in [0.15, 0.2) is 12.4 Å². The monoisotopic (exact) mass is 332 g/mol. The lowest BCUT2D eigenvalue weighted by molar-refractivity contribution is 0.0545. The molecular formula is C16H24N6O2. The van der Waals surface area contributed by atoms with Crippen molar-refractivity contribution in [2.45, 2.75) is 38.2 Å². The predicted octanol–water partition coefficient (Wildman–Crippen LogP) is 1.31. The normalized spacial score (nSPS) is 20.7. The van der Waals surface area contributed by atoms with E-state index in [1.165, 1.54) is 6.33 Å². The Balaban J connectivity index is 1.69. The molecule has 1 saturated heterocycles. The number of aromatic nitrogens is 5. The van der Waals surface area contributed by atoms with Gasteiger partial charge in [0.2, 0.25) is 0 Å². The molecule has 2 aromatic rings. The van der Waals surface area contributed by atoms with E-state index in [4.69, 9.17) is 4.74 Å². The summed E-state index contributed by atoms with van der Waals surface area (Å²) in [4.78, 5) is 18.6. The third-order valence-corrected chi connectivity index (χ3v) is 4.52.